The van der Waals surface area contributed by atoms with Crippen molar-refractivity contribution in [2.24, 2.45) is 11.1 Å². The smallest absolute Gasteiger partial charge is 0.348 e. The Morgan fingerprint density at radius 1 is 1.42 bits per heavy atom. The van der Waals surface area contributed by atoms with Gasteiger partial charge in [0.2, 0.25) is 6.10 Å². The van der Waals surface area contributed by atoms with Gasteiger partial charge >= 0.3 is 5.97 Å². The maximum Gasteiger partial charge on any atom is 0.348 e. The van der Waals surface area contributed by atoms with E-state index >= 15 is 0 Å². The average Bonchev–Trinajstić information content (AvgIpc) is 2.82. The minimum Gasteiger partial charge on any atom is -0.478 e. The Labute approximate surface area is 113 Å². The third-order valence-corrected chi connectivity index (χ3v) is 3.52. The summed E-state index contributed by atoms with van der Waals surface area (Å²) in [6, 6.07) is 7.99. The average molecular weight is 261 g/mol. The molecule has 1 aliphatic rings. The second-order valence-corrected chi connectivity index (χ2v) is 5.10. The predicted octanol–water partition coefficient (Wildman–Crippen LogP) is 3.02. The number of aliphatic carboxylic acids is 1. The molecule has 2 rings (SSSR count). The summed E-state index contributed by atoms with van der Waals surface area (Å²) in [5.74, 6) is -0.773. The molecule has 1 aliphatic heterocycles. The van der Waals surface area contributed by atoms with E-state index in [9.17, 15) is 4.79 Å². The zero-order valence-electron chi connectivity index (χ0n) is 11.5. The minimum atomic E-state index is -0.951. The zero-order chi connectivity index (χ0) is 14.0. The highest BCUT2D eigenvalue weighted by Gasteiger charge is 2.39. The molecule has 2 unspecified atom stereocenters. The van der Waals surface area contributed by atoms with Crippen molar-refractivity contribution < 1.29 is 14.7 Å². The van der Waals surface area contributed by atoms with Crippen LogP contribution in [-0.2, 0) is 9.63 Å². The van der Waals surface area contributed by atoms with Crippen LogP contribution in [0.5, 0.6) is 0 Å². The van der Waals surface area contributed by atoms with E-state index in [0.717, 1.165) is 11.3 Å². The van der Waals surface area contributed by atoms with Crippen molar-refractivity contribution in [1.82, 2.24) is 0 Å². The van der Waals surface area contributed by atoms with Crippen LogP contribution in [0.1, 0.15) is 44.2 Å². The minimum absolute atomic E-state index is 0.183. The van der Waals surface area contributed by atoms with Gasteiger partial charge in [0.15, 0.2) is 0 Å². The first kappa shape index (κ1) is 13.6. The Hall–Kier alpha value is -1.84. The Morgan fingerprint density at radius 2 is 2.11 bits per heavy atom. The van der Waals surface area contributed by atoms with Crippen LogP contribution in [0, 0.1) is 5.92 Å². The molecule has 102 valence electrons. The van der Waals surface area contributed by atoms with Crippen LogP contribution in [-0.4, -0.2) is 22.9 Å². The molecule has 0 saturated heterocycles. The lowest BCUT2D eigenvalue weighted by Gasteiger charge is -2.17. The molecular formula is C15H19NO3. The fraction of sp³-hybridized carbons (Fsp3) is 0.467. The summed E-state index contributed by atoms with van der Waals surface area (Å²) in [5.41, 5.74) is 2.95. The number of rotatable bonds is 4. The van der Waals surface area contributed by atoms with Crippen LogP contribution >= 0.6 is 0 Å². The maximum atomic E-state index is 11.2. The van der Waals surface area contributed by atoms with E-state index in [-0.39, 0.29) is 5.92 Å². The van der Waals surface area contributed by atoms with Crippen LogP contribution in [0.25, 0.3) is 0 Å². The van der Waals surface area contributed by atoms with Crippen LogP contribution in [0.15, 0.2) is 29.4 Å². The van der Waals surface area contributed by atoms with Gasteiger partial charge in [0.1, 0.15) is 0 Å². The molecule has 0 fully saturated rings. The summed E-state index contributed by atoms with van der Waals surface area (Å²) >= 11 is 0. The van der Waals surface area contributed by atoms with Gasteiger partial charge in [0.05, 0.1) is 11.6 Å². The summed E-state index contributed by atoms with van der Waals surface area (Å²) < 4.78 is 0. The zero-order valence-corrected chi connectivity index (χ0v) is 11.5. The highest BCUT2D eigenvalue weighted by atomic mass is 16.7. The number of hydrogen-bond donors (Lipinski definition) is 1. The monoisotopic (exact) mass is 261 g/mol. The first-order valence-corrected chi connectivity index (χ1v) is 6.62. The van der Waals surface area contributed by atoms with Crippen molar-refractivity contribution in [3.05, 3.63) is 35.4 Å². The molecule has 0 aromatic heterocycles. The number of carboxylic acids is 1. The molecular weight excluding hydrogens is 242 g/mol. The third kappa shape index (κ3) is 2.48. The number of nitrogens with zero attached hydrogens (tertiary/aromatic N) is 1. The molecule has 0 bridgehead atoms. The molecule has 4 nitrogen and oxygen atoms in total. The molecule has 0 spiro atoms. The predicted molar refractivity (Wildman–Crippen MR) is 73.4 cm³/mol. The number of benzene rings is 1. The second-order valence-electron chi connectivity index (χ2n) is 5.10. The van der Waals surface area contributed by atoms with Crippen LogP contribution in [0.4, 0.5) is 0 Å². The quantitative estimate of drug-likeness (QED) is 0.906. The van der Waals surface area contributed by atoms with E-state index in [1.54, 1.807) is 0 Å². The van der Waals surface area contributed by atoms with Crippen molar-refractivity contribution in [3.8, 4) is 0 Å². The summed E-state index contributed by atoms with van der Waals surface area (Å²) in [6.07, 6.45) is -0.164. The fourth-order valence-corrected chi connectivity index (χ4v) is 2.51. The largest absolute Gasteiger partial charge is 0.478 e. The number of oxime groups is 1. The van der Waals surface area contributed by atoms with E-state index in [1.807, 2.05) is 25.1 Å². The van der Waals surface area contributed by atoms with Crippen LogP contribution in [0.3, 0.4) is 0 Å². The molecule has 0 amide bonds. The van der Waals surface area contributed by atoms with Gasteiger partial charge in [-0.1, -0.05) is 50.2 Å². The highest BCUT2D eigenvalue weighted by molar-refractivity contribution is 6.06. The second kappa shape index (κ2) is 5.43. The molecule has 4 heteroatoms. The summed E-state index contributed by atoms with van der Waals surface area (Å²) in [4.78, 5) is 16.3. The van der Waals surface area contributed by atoms with Crippen molar-refractivity contribution in [2.75, 3.05) is 0 Å². The third-order valence-electron chi connectivity index (χ3n) is 3.52. The number of hydrogen-bond acceptors (Lipinski definition) is 3. The van der Waals surface area contributed by atoms with Gasteiger partial charge in [0.25, 0.3) is 0 Å². The van der Waals surface area contributed by atoms with Crippen molar-refractivity contribution in [2.45, 2.75) is 39.2 Å². The lowest BCUT2D eigenvalue weighted by molar-refractivity contribution is -0.150. The maximum absolute atomic E-state index is 11.2. The molecule has 0 radical (unpaired) electrons. The number of carbonyl (C=O) groups is 1. The van der Waals surface area contributed by atoms with Crippen molar-refractivity contribution in [3.63, 3.8) is 0 Å². The molecule has 1 N–H and O–H groups in total. The lowest BCUT2D eigenvalue weighted by atomic mass is 9.85. The van der Waals surface area contributed by atoms with E-state index in [2.05, 4.69) is 25.1 Å². The standard InChI is InChI=1S/C15H19NO3/c1-4-10-13(16-19-14(10)15(17)18)12-8-6-5-7-11(12)9(2)3/h5-10,14H,4H2,1-3H3,(H,17,18). The fourth-order valence-electron chi connectivity index (χ4n) is 2.51. The Morgan fingerprint density at radius 3 is 2.68 bits per heavy atom. The summed E-state index contributed by atoms with van der Waals surface area (Å²) in [6.45, 7) is 6.19. The Balaban J connectivity index is 2.40. The van der Waals surface area contributed by atoms with Gasteiger partial charge in [-0.25, -0.2) is 4.79 Å². The van der Waals surface area contributed by atoms with Gasteiger partial charge in [-0.15, -0.1) is 0 Å². The molecule has 1 aromatic carbocycles. The normalized spacial score (nSPS) is 22.2. The topological polar surface area (TPSA) is 58.9 Å². The van der Waals surface area contributed by atoms with Gasteiger partial charge in [-0.05, 0) is 17.9 Å². The molecule has 1 heterocycles. The molecule has 1 aromatic rings. The SMILES string of the molecule is CCC1C(c2ccccc2C(C)C)=NOC1C(=O)O. The van der Waals surface area contributed by atoms with Crippen molar-refractivity contribution >= 4 is 11.7 Å². The summed E-state index contributed by atoms with van der Waals surface area (Å²) in [7, 11) is 0. The molecule has 0 aliphatic carbocycles. The molecule has 0 saturated carbocycles. The summed E-state index contributed by atoms with van der Waals surface area (Å²) in [5, 5.41) is 13.2. The van der Waals surface area contributed by atoms with E-state index < -0.39 is 12.1 Å². The van der Waals surface area contributed by atoms with E-state index in [1.165, 1.54) is 5.56 Å². The van der Waals surface area contributed by atoms with E-state index in [0.29, 0.717) is 12.3 Å². The van der Waals surface area contributed by atoms with E-state index in [4.69, 9.17) is 9.94 Å². The Kier molecular flexibility index (Phi) is 3.88. The first-order chi connectivity index (χ1) is 9.06. The van der Waals surface area contributed by atoms with Gasteiger partial charge in [-0.3, -0.25) is 0 Å². The molecule has 19 heavy (non-hydrogen) atoms. The Bertz CT molecular complexity index is 508. The van der Waals surface area contributed by atoms with Gasteiger partial charge < -0.3 is 9.94 Å². The highest BCUT2D eigenvalue weighted by Crippen LogP contribution is 2.30. The van der Waals surface area contributed by atoms with Crippen LogP contribution in [0.2, 0.25) is 0 Å². The lowest BCUT2D eigenvalue weighted by Crippen LogP contribution is -2.31. The number of carboxylic acid groups (broad SMARTS) is 1. The van der Waals surface area contributed by atoms with Gasteiger partial charge in [0, 0.05) is 5.56 Å². The molecule has 2 atom stereocenters. The van der Waals surface area contributed by atoms with Crippen molar-refractivity contribution in [1.29, 1.82) is 0 Å². The van der Waals surface area contributed by atoms with Gasteiger partial charge in [-0.2, -0.15) is 0 Å². The first-order valence-electron chi connectivity index (χ1n) is 6.62. The van der Waals surface area contributed by atoms with Crippen LogP contribution < -0.4 is 0 Å².